The molecule has 3 aromatic carbocycles. The molecule has 0 fully saturated rings. The van der Waals surface area contributed by atoms with Gasteiger partial charge in [0.15, 0.2) is 18.3 Å². The summed E-state index contributed by atoms with van der Waals surface area (Å²) in [6.45, 7) is 2.52. The molecule has 5 nitrogen and oxygen atoms in total. The minimum atomic E-state index is -1.00. The van der Waals surface area contributed by atoms with E-state index in [2.05, 4.69) is 6.92 Å². The summed E-state index contributed by atoms with van der Waals surface area (Å²) in [5.74, 6) is 0.142. The Kier molecular flexibility index (Phi) is 6.87. The maximum Gasteiger partial charge on any atom is 0.328 e. The Bertz CT molecular complexity index is 1010. The van der Waals surface area contributed by atoms with Gasteiger partial charge in [0, 0.05) is 18.6 Å². The first-order valence-corrected chi connectivity index (χ1v) is 9.42. The van der Waals surface area contributed by atoms with Crippen LogP contribution in [0.5, 0.6) is 11.5 Å². The summed E-state index contributed by atoms with van der Waals surface area (Å²) >= 11 is 0. The van der Waals surface area contributed by atoms with Crippen LogP contribution in [-0.2, 0) is 22.6 Å². The van der Waals surface area contributed by atoms with Crippen LogP contribution in [0, 0.1) is 0 Å². The van der Waals surface area contributed by atoms with E-state index in [1.54, 1.807) is 13.2 Å². The summed E-state index contributed by atoms with van der Waals surface area (Å²) in [6, 6.07) is 17.6. The molecule has 0 bridgehead atoms. The van der Waals surface area contributed by atoms with E-state index in [0.717, 1.165) is 40.0 Å². The highest BCUT2D eigenvalue weighted by Gasteiger charge is 2.17. The summed E-state index contributed by atoms with van der Waals surface area (Å²) in [4.78, 5) is 11.1. The average Bonchev–Trinajstić information content (AvgIpc) is 2.75. The van der Waals surface area contributed by atoms with Crippen molar-refractivity contribution in [3.05, 3.63) is 77.4 Å². The largest absolute Gasteiger partial charge is 0.485 e. The van der Waals surface area contributed by atoms with Crippen LogP contribution in [0.25, 0.3) is 16.8 Å². The van der Waals surface area contributed by atoms with Gasteiger partial charge in [0.05, 0.1) is 0 Å². The van der Waals surface area contributed by atoms with Gasteiger partial charge in [0.2, 0.25) is 0 Å². The molecule has 5 heteroatoms. The lowest BCUT2D eigenvalue weighted by Crippen LogP contribution is -2.05. The molecule has 0 radical (unpaired) electrons. The van der Waals surface area contributed by atoms with Gasteiger partial charge in [-0.25, -0.2) is 4.79 Å². The number of hydrogen-bond acceptors (Lipinski definition) is 4. The molecule has 150 valence electrons. The number of fused-ring (bicyclic) bond motifs is 1. The van der Waals surface area contributed by atoms with Crippen molar-refractivity contribution in [2.75, 3.05) is 13.9 Å². The fourth-order valence-electron chi connectivity index (χ4n) is 3.21. The maximum absolute atomic E-state index is 11.1. The number of rotatable bonds is 9. The first kappa shape index (κ1) is 20.4. The summed E-state index contributed by atoms with van der Waals surface area (Å²) < 4.78 is 17.2. The molecule has 3 aromatic rings. The third kappa shape index (κ3) is 4.95. The normalized spacial score (nSPS) is 11.1. The lowest BCUT2D eigenvalue weighted by molar-refractivity contribution is -0.131. The van der Waals surface area contributed by atoms with Crippen LogP contribution in [0.15, 0.2) is 60.7 Å². The second-order valence-electron chi connectivity index (χ2n) is 6.48. The first-order valence-electron chi connectivity index (χ1n) is 9.42. The third-order valence-corrected chi connectivity index (χ3v) is 4.54. The van der Waals surface area contributed by atoms with Crippen LogP contribution in [-0.4, -0.2) is 25.0 Å². The summed E-state index contributed by atoms with van der Waals surface area (Å²) in [6.07, 6.45) is 3.51. The highest BCUT2D eigenvalue weighted by atomic mass is 16.7. The number of benzene rings is 3. The SMILES string of the molecule is CCc1cccc2c(/C=C\C(=O)O)cc(OCc3ccccc3)c(OCOC)c12. The molecule has 0 saturated carbocycles. The molecule has 0 unspecified atom stereocenters. The van der Waals surface area contributed by atoms with E-state index in [1.165, 1.54) is 0 Å². The van der Waals surface area contributed by atoms with Gasteiger partial charge >= 0.3 is 5.97 Å². The topological polar surface area (TPSA) is 65.0 Å². The molecular weight excluding hydrogens is 368 g/mol. The molecule has 0 aliphatic carbocycles. The molecule has 0 spiro atoms. The van der Waals surface area contributed by atoms with Crippen molar-refractivity contribution in [3.63, 3.8) is 0 Å². The zero-order valence-electron chi connectivity index (χ0n) is 16.6. The van der Waals surface area contributed by atoms with Crippen LogP contribution in [0.2, 0.25) is 0 Å². The van der Waals surface area contributed by atoms with Gasteiger partial charge in [-0.15, -0.1) is 0 Å². The maximum atomic E-state index is 11.1. The van der Waals surface area contributed by atoms with Gasteiger partial charge in [0.25, 0.3) is 0 Å². The third-order valence-electron chi connectivity index (χ3n) is 4.54. The molecule has 29 heavy (non-hydrogen) atoms. The van der Waals surface area contributed by atoms with Crippen molar-refractivity contribution in [1.29, 1.82) is 0 Å². The van der Waals surface area contributed by atoms with Gasteiger partial charge in [-0.05, 0) is 40.6 Å². The molecule has 3 rings (SSSR count). The van der Waals surface area contributed by atoms with E-state index in [9.17, 15) is 4.79 Å². The van der Waals surface area contributed by atoms with Crippen molar-refractivity contribution >= 4 is 22.8 Å². The van der Waals surface area contributed by atoms with Crippen LogP contribution in [0.3, 0.4) is 0 Å². The summed E-state index contributed by atoms with van der Waals surface area (Å²) in [5.41, 5.74) is 2.87. The Morgan fingerprint density at radius 1 is 1.07 bits per heavy atom. The lowest BCUT2D eigenvalue weighted by atomic mass is 9.96. The predicted octanol–water partition coefficient (Wildman–Crippen LogP) is 5.06. The van der Waals surface area contributed by atoms with Crippen molar-refractivity contribution < 1.29 is 24.1 Å². The van der Waals surface area contributed by atoms with Crippen LogP contribution < -0.4 is 9.47 Å². The van der Waals surface area contributed by atoms with E-state index >= 15 is 0 Å². The Hall–Kier alpha value is -3.31. The predicted molar refractivity (Wildman–Crippen MR) is 113 cm³/mol. The molecule has 0 saturated heterocycles. The average molecular weight is 392 g/mol. The Morgan fingerprint density at radius 3 is 2.55 bits per heavy atom. The zero-order valence-corrected chi connectivity index (χ0v) is 16.6. The van der Waals surface area contributed by atoms with Crippen LogP contribution in [0.4, 0.5) is 0 Å². The highest BCUT2D eigenvalue weighted by Crippen LogP contribution is 2.41. The lowest BCUT2D eigenvalue weighted by Gasteiger charge is -2.18. The molecule has 0 aliphatic rings. The number of ether oxygens (including phenoxy) is 3. The van der Waals surface area contributed by atoms with Crippen molar-refractivity contribution in [2.24, 2.45) is 0 Å². The Labute approximate surface area is 170 Å². The quantitative estimate of drug-likeness (QED) is 0.407. The molecule has 0 aromatic heterocycles. The second kappa shape index (κ2) is 9.75. The minimum absolute atomic E-state index is 0.0825. The van der Waals surface area contributed by atoms with Crippen molar-refractivity contribution in [2.45, 2.75) is 20.0 Å². The van der Waals surface area contributed by atoms with E-state index in [0.29, 0.717) is 18.1 Å². The number of aryl methyl sites for hydroxylation is 1. The van der Waals surface area contributed by atoms with Gasteiger partial charge in [-0.3, -0.25) is 0 Å². The highest BCUT2D eigenvalue weighted by molar-refractivity contribution is 6.00. The Morgan fingerprint density at radius 2 is 1.86 bits per heavy atom. The van der Waals surface area contributed by atoms with E-state index < -0.39 is 5.97 Å². The number of hydrogen-bond donors (Lipinski definition) is 1. The number of carboxylic acid groups (broad SMARTS) is 1. The number of carbonyl (C=O) groups is 1. The van der Waals surface area contributed by atoms with Gasteiger partial charge < -0.3 is 19.3 Å². The molecular formula is C24H24O5. The zero-order chi connectivity index (χ0) is 20.6. The monoisotopic (exact) mass is 392 g/mol. The van der Waals surface area contributed by atoms with Gasteiger partial charge in [-0.1, -0.05) is 55.5 Å². The molecule has 1 N–H and O–H groups in total. The number of carboxylic acids is 1. The summed E-state index contributed by atoms with van der Waals surface area (Å²) in [7, 11) is 1.57. The molecule has 0 atom stereocenters. The van der Waals surface area contributed by atoms with E-state index in [4.69, 9.17) is 19.3 Å². The summed E-state index contributed by atoms with van der Waals surface area (Å²) in [5, 5.41) is 10.9. The fraction of sp³-hybridized carbons (Fsp3) is 0.208. The van der Waals surface area contributed by atoms with E-state index in [-0.39, 0.29) is 6.79 Å². The molecule has 0 aliphatic heterocycles. The number of methoxy groups -OCH3 is 1. The van der Waals surface area contributed by atoms with Crippen molar-refractivity contribution in [1.82, 2.24) is 0 Å². The van der Waals surface area contributed by atoms with Gasteiger partial charge in [-0.2, -0.15) is 0 Å². The second-order valence-corrected chi connectivity index (χ2v) is 6.48. The Balaban J connectivity index is 2.16. The molecule has 0 amide bonds. The first-order chi connectivity index (χ1) is 14.1. The molecule has 0 heterocycles. The van der Waals surface area contributed by atoms with Crippen molar-refractivity contribution in [3.8, 4) is 11.5 Å². The van der Waals surface area contributed by atoms with E-state index in [1.807, 2.05) is 54.6 Å². The fourth-order valence-corrected chi connectivity index (χ4v) is 3.21. The van der Waals surface area contributed by atoms with Gasteiger partial charge in [0.1, 0.15) is 6.61 Å². The van der Waals surface area contributed by atoms with Crippen LogP contribution in [0.1, 0.15) is 23.6 Å². The minimum Gasteiger partial charge on any atom is -0.485 e. The standard InChI is InChI=1S/C24H24O5/c1-3-18-10-7-11-20-19(12-13-22(25)26)14-21(24(23(18)20)29-16-27-2)28-15-17-8-5-4-6-9-17/h4-14H,3,15-16H2,1-2H3,(H,25,26)/b13-12-. The smallest absolute Gasteiger partial charge is 0.328 e. The number of aliphatic carboxylic acids is 1. The van der Waals surface area contributed by atoms with Crippen LogP contribution >= 0.6 is 0 Å².